The van der Waals surface area contributed by atoms with E-state index in [4.69, 9.17) is 5.73 Å². The third kappa shape index (κ3) is 2.64. The first kappa shape index (κ1) is 12.9. The molecule has 2 N–H and O–H groups in total. The van der Waals surface area contributed by atoms with Gasteiger partial charge in [0.05, 0.1) is 0 Å². The SMILES string of the molecule is CCc1c(N)ncnc1Sc1ccc(C)c(C)c1. The van der Waals surface area contributed by atoms with E-state index in [1.165, 1.54) is 22.3 Å². The minimum atomic E-state index is 0.582. The average molecular weight is 259 g/mol. The number of rotatable bonds is 3. The standard InChI is InChI=1S/C14H17N3S/c1-4-12-13(15)16-8-17-14(12)18-11-6-5-9(2)10(3)7-11/h5-8H,4H2,1-3H3,(H2,15,16,17). The van der Waals surface area contributed by atoms with Gasteiger partial charge in [-0.2, -0.15) is 0 Å². The summed E-state index contributed by atoms with van der Waals surface area (Å²) in [5.41, 5.74) is 9.50. The largest absolute Gasteiger partial charge is 0.383 e. The predicted octanol–water partition coefficient (Wildman–Crippen LogP) is 3.39. The van der Waals surface area contributed by atoms with Crippen LogP contribution in [0, 0.1) is 13.8 Å². The fourth-order valence-electron chi connectivity index (χ4n) is 1.72. The number of aryl methyl sites for hydroxylation is 2. The van der Waals surface area contributed by atoms with Crippen LogP contribution in [0.3, 0.4) is 0 Å². The van der Waals surface area contributed by atoms with E-state index in [2.05, 4.69) is 48.9 Å². The van der Waals surface area contributed by atoms with Crippen molar-refractivity contribution >= 4 is 17.6 Å². The summed E-state index contributed by atoms with van der Waals surface area (Å²) < 4.78 is 0. The third-order valence-electron chi connectivity index (χ3n) is 2.99. The van der Waals surface area contributed by atoms with Crippen LogP contribution in [0.1, 0.15) is 23.6 Å². The summed E-state index contributed by atoms with van der Waals surface area (Å²) in [5.74, 6) is 0.582. The molecule has 2 aromatic rings. The average Bonchev–Trinajstić information content (AvgIpc) is 2.34. The van der Waals surface area contributed by atoms with Crippen LogP contribution in [0.5, 0.6) is 0 Å². The highest BCUT2D eigenvalue weighted by atomic mass is 32.2. The molecular weight excluding hydrogens is 242 g/mol. The molecular formula is C14H17N3S. The van der Waals surface area contributed by atoms with E-state index in [1.807, 2.05) is 0 Å². The second kappa shape index (κ2) is 5.40. The van der Waals surface area contributed by atoms with Gasteiger partial charge in [0.25, 0.3) is 0 Å². The summed E-state index contributed by atoms with van der Waals surface area (Å²) in [6.45, 7) is 6.30. The van der Waals surface area contributed by atoms with Crippen molar-refractivity contribution in [2.45, 2.75) is 37.1 Å². The molecule has 0 aliphatic rings. The van der Waals surface area contributed by atoms with E-state index in [0.717, 1.165) is 17.0 Å². The summed E-state index contributed by atoms with van der Waals surface area (Å²) in [5, 5.41) is 0.952. The van der Waals surface area contributed by atoms with Crippen LogP contribution < -0.4 is 5.73 Å². The summed E-state index contributed by atoms with van der Waals surface area (Å²) in [4.78, 5) is 9.55. The van der Waals surface area contributed by atoms with E-state index in [-0.39, 0.29) is 0 Å². The Kier molecular flexibility index (Phi) is 3.87. The first-order chi connectivity index (χ1) is 8.61. The minimum Gasteiger partial charge on any atom is -0.383 e. The Morgan fingerprint density at radius 2 is 1.94 bits per heavy atom. The second-order valence-corrected chi connectivity index (χ2v) is 5.31. The molecule has 0 unspecified atom stereocenters. The molecule has 1 aromatic carbocycles. The molecule has 1 aromatic heterocycles. The second-order valence-electron chi connectivity index (χ2n) is 4.24. The summed E-state index contributed by atoms with van der Waals surface area (Å²) in [6, 6.07) is 6.43. The minimum absolute atomic E-state index is 0.582. The molecule has 0 spiro atoms. The Balaban J connectivity index is 2.34. The van der Waals surface area contributed by atoms with E-state index < -0.39 is 0 Å². The fraction of sp³-hybridized carbons (Fsp3) is 0.286. The van der Waals surface area contributed by atoms with Crippen molar-refractivity contribution in [1.82, 2.24) is 9.97 Å². The molecule has 3 nitrogen and oxygen atoms in total. The van der Waals surface area contributed by atoms with Crippen LogP contribution in [0.15, 0.2) is 34.4 Å². The van der Waals surface area contributed by atoms with Gasteiger partial charge in [0.15, 0.2) is 0 Å². The summed E-state index contributed by atoms with van der Waals surface area (Å²) in [6.07, 6.45) is 2.37. The van der Waals surface area contributed by atoms with E-state index >= 15 is 0 Å². The van der Waals surface area contributed by atoms with Gasteiger partial charge in [0, 0.05) is 10.5 Å². The van der Waals surface area contributed by atoms with Gasteiger partial charge in [0.2, 0.25) is 0 Å². The number of hydrogen-bond acceptors (Lipinski definition) is 4. The molecule has 0 saturated carbocycles. The molecule has 0 radical (unpaired) electrons. The monoisotopic (exact) mass is 259 g/mol. The van der Waals surface area contributed by atoms with Gasteiger partial charge in [-0.15, -0.1) is 0 Å². The lowest BCUT2D eigenvalue weighted by atomic mass is 10.1. The number of benzene rings is 1. The lowest BCUT2D eigenvalue weighted by Gasteiger charge is -2.09. The fourth-order valence-corrected chi connectivity index (χ4v) is 2.79. The van der Waals surface area contributed by atoms with Crippen molar-refractivity contribution in [1.29, 1.82) is 0 Å². The van der Waals surface area contributed by atoms with Crippen LogP contribution in [-0.2, 0) is 6.42 Å². The Morgan fingerprint density at radius 3 is 2.61 bits per heavy atom. The van der Waals surface area contributed by atoms with Crippen molar-refractivity contribution in [3.8, 4) is 0 Å². The highest BCUT2D eigenvalue weighted by Gasteiger charge is 2.09. The first-order valence-electron chi connectivity index (χ1n) is 5.96. The maximum atomic E-state index is 5.88. The number of hydrogen-bond donors (Lipinski definition) is 1. The highest BCUT2D eigenvalue weighted by molar-refractivity contribution is 7.99. The Hall–Kier alpha value is -1.55. The summed E-state index contributed by atoms with van der Waals surface area (Å²) >= 11 is 1.64. The normalized spacial score (nSPS) is 10.6. The maximum Gasteiger partial charge on any atom is 0.131 e. The van der Waals surface area contributed by atoms with Gasteiger partial charge in [-0.05, 0) is 43.5 Å². The van der Waals surface area contributed by atoms with Gasteiger partial charge in [-0.1, -0.05) is 24.8 Å². The van der Waals surface area contributed by atoms with Crippen molar-refractivity contribution in [3.05, 3.63) is 41.2 Å². The smallest absolute Gasteiger partial charge is 0.131 e. The third-order valence-corrected chi connectivity index (χ3v) is 4.02. The molecule has 2 rings (SSSR count). The number of aromatic nitrogens is 2. The van der Waals surface area contributed by atoms with Crippen LogP contribution in [-0.4, -0.2) is 9.97 Å². The molecule has 1 heterocycles. The van der Waals surface area contributed by atoms with Crippen LogP contribution in [0.2, 0.25) is 0 Å². The van der Waals surface area contributed by atoms with Crippen molar-refractivity contribution < 1.29 is 0 Å². The van der Waals surface area contributed by atoms with Gasteiger partial charge < -0.3 is 5.73 Å². The number of nitrogens with zero attached hydrogens (tertiary/aromatic N) is 2. The van der Waals surface area contributed by atoms with Gasteiger partial charge in [-0.25, -0.2) is 9.97 Å². The van der Waals surface area contributed by atoms with Crippen LogP contribution >= 0.6 is 11.8 Å². The van der Waals surface area contributed by atoms with Crippen LogP contribution in [0.4, 0.5) is 5.82 Å². The molecule has 0 amide bonds. The molecule has 0 bridgehead atoms. The van der Waals surface area contributed by atoms with Gasteiger partial charge >= 0.3 is 0 Å². The molecule has 0 fully saturated rings. The Labute approximate surface area is 112 Å². The van der Waals surface area contributed by atoms with Crippen molar-refractivity contribution in [2.24, 2.45) is 0 Å². The lowest BCUT2D eigenvalue weighted by Crippen LogP contribution is -2.00. The van der Waals surface area contributed by atoms with Crippen molar-refractivity contribution in [3.63, 3.8) is 0 Å². The first-order valence-corrected chi connectivity index (χ1v) is 6.78. The molecule has 0 saturated heterocycles. The predicted molar refractivity (Wildman–Crippen MR) is 75.9 cm³/mol. The maximum absolute atomic E-state index is 5.88. The van der Waals surface area contributed by atoms with Crippen molar-refractivity contribution in [2.75, 3.05) is 5.73 Å². The van der Waals surface area contributed by atoms with Gasteiger partial charge in [0.1, 0.15) is 17.2 Å². The van der Waals surface area contributed by atoms with Crippen LogP contribution in [0.25, 0.3) is 0 Å². The lowest BCUT2D eigenvalue weighted by molar-refractivity contribution is 0.953. The Bertz CT molecular complexity index is 567. The molecule has 18 heavy (non-hydrogen) atoms. The molecule has 0 aliphatic heterocycles. The number of nitrogens with two attached hydrogens (primary N) is 1. The van der Waals surface area contributed by atoms with Gasteiger partial charge in [-0.3, -0.25) is 0 Å². The molecule has 4 heteroatoms. The summed E-state index contributed by atoms with van der Waals surface area (Å²) in [7, 11) is 0. The molecule has 0 aliphatic carbocycles. The zero-order valence-electron chi connectivity index (χ0n) is 10.9. The number of anilines is 1. The zero-order chi connectivity index (χ0) is 13.1. The van der Waals surface area contributed by atoms with E-state index in [1.54, 1.807) is 11.8 Å². The Morgan fingerprint density at radius 1 is 1.17 bits per heavy atom. The quantitative estimate of drug-likeness (QED) is 0.858. The highest BCUT2D eigenvalue weighted by Crippen LogP contribution is 2.31. The zero-order valence-corrected chi connectivity index (χ0v) is 11.7. The van der Waals surface area contributed by atoms with E-state index in [9.17, 15) is 0 Å². The van der Waals surface area contributed by atoms with E-state index in [0.29, 0.717) is 5.82 Å². The topological polar surface area (TPSA) is 51.8 Å². The number of nitrogen functional groups attached to an aromatic ring is 1. The molecule has 0 atom stereocenters. The molecule has 94 valence electrons.